The Morgan fingerprint density at radius 1 is 1.22 bits per heavy atom. The van der Waals surface area contributed by atoms with Gasteiger partial charge >= 0.3 is 12.2 Å². The Hall–Kier alpha value is -1.83. The Labute approximate surface area is 157 Å². The molecule has 0 aromatic heterocycles. The van der Waals surface area contributed by atoms with Gasteiger partial charge in [0.1, 0.15) is 5.82 Å². The zero-order valence-corrected chi connectivity index (χ0v) is 15.9. The van der Waals surface area contributed by atoms with Crippen molar-refractivity contribution in [3.63, 3.8) is 0 Å². The number of alkyl halides is 3. The summed E-state index contributed by atoms with van der Waals surface area (Å²) in [6.45, 7) is 6.01. The largest absolute Gasteiger partial charge is 0.401 e. The normalized spacial score (nSPS) is 19.7. The molecule has 8 heteroatoms. The number of carbonyl (C=O) groups is 1. The predicted molar refractivity (Wildman–Crippen MR) is 95.7 cm³/mol. The Morgan fingerprint density at radius 3 is 2.41 bits per heavy atom. The van der Waals surface area contributed by atoms with Crippen LogP contribution in [0.1, 0.15) is 38.8 Å². The molecule has 1 fully saturated rings. The first-order chi connectivity index (χ1) is 12.4. The van der Waals surface area contributed by atoms with Crippen LogP contribution in [0.2, 0.25) is 0 Å². The molecule has 4 nitrogen and oxygen atoms in total. The molecule has 0 radical (unpaired) electrons. The number of likely N-dealkylation sites (tertiary alicyclic amines) is 1. The van der Waals surface area contributed by atoms with Crippen molar-refractivity contribution in [3.05, 3.63) is 35.6 Å². The Morgan fingerprint density at radius 2 is 1.85 bits per heavy atom. The van der Waals surface area contributed by atoms with Crippen molar-refractivity contribution in [3.8, 4) is 0 Å². The van der Waals surface area contributed by atoms with E-state index in [1.807, 2.05) is 20.8 Å². The van der Waals surface area contributed by atoms with E-state index in [4.69, 9.17) is 0 Å². The van der Waals surface area contributed by atoms with Gasteiger partial charge in [-0.3, -0.25) is 4.90 Å². The topological polar surface area (TPSA) is 44.4 Å². The second-order valence-electron chi connectivity index (χ2n) is 8.21. The van der Waals surface area contributed by atoms with Gasteiger partial charge in [0.2, 0.25) is 0 Å². The smallest absolute Gasteiger partial charge is 0.338 e. The van der Waals surface area contributed by atoms with Gasteiger partial charge in [-0.1, -0.05) is 32.9 Å². The number of rotatable bonds is 5. The second-order valence-corrected chi connectivity index (χ2v) is 8.21. The maximum atomic E-state index is 13.2. The lowest BCUT2D eigenvalue weighted by molar-refractivity contribution is -0.143. The van der Waals surface area contributed by atoms with E-state index >= 15 is 0 Å². The van der Waals surface area contributed by atoms with Gasteiger partial charge in [-0.2, -0.15) is 13.2 Å². The molecule has 2 rings (SSSR count). The third-order valence-electron chi connectivity index (χ3n) is 4.67. The van der Waals surface area contributed by atoms with Crippen LogP contribution in [0.25, 0.3) is 0 Å². The molecule has 152 valence electrons. The van der Waals surface area contributed by atoms with Gasteiger partial charge in [0.05, 0.1) is 12.6 Å². The summed E-state index contributed by atoms with van der Waals surface area (Å²) in [5.41, 5.74) is 0.489. The first-order valence-electron chi connectivity index (χ1n) is 9.03. The van der Waals surface area contributed by atoms with Crippen molar-refractivity contribution in [2.45, 2.75) is 39.4 Å². The molecule has 1 aromatic carbocycles. The standard InChI is InChI=1S/C19H27F4N3O/c1-18(2,3)16(14-4-6-15(20)7-5-14)25-17(27)24-10-13-8-9-26(11-13)12-19(21,22)23/h4-7,13,16H,8-12H2,1-3H3,(H2,24,25,27). The molecular weight excluding hydrogens is 362 g/mol. The lowest BCUT2D eigenvalue weighted by Crippen LogP contribution is -2.44. The minimum atomic E-state index is -4.20. The van der Waals surface area contributed by atoms with Gasteiger partial charge < -0.3 is 10.6 Å². The molecule has 1 heterocycles. The highest BCUT2D eigenvalue weighted by Gasteiger charge is 2.34. The minimum absolute atomic E-state index is 0.00277. The van der Waals surface area contributed by atoms with E-state index in [0.717, 1.165) is 5.56 Å². The Bertz CT molecular complexity index is 625. The number of benzene rings is 1. The van der Waals surface area contributed by atoms with Crippen molar-refractivity contribution in [1.82, 2.24) is 15.5 Å². The Balaban J connectivity index is 1.87. The summed E-state index contributed by atoms with van der Waals surface area (Å²) in [7, 11) is 0. The number of carbonyl (C=O) groups excluding carboxylic acids is 1. The third-order valence-corrected chi connectivity index (χ3v) is 4.67. The van der Waals surface area contributed by atoms with Gasteiger partial charge in [-0.05, 0) is 42.0 Å². The molecule has 1 saturated heterocycles. The average Bonchev–Trinajstić information content (AvgIpc) is 2.96. The summed E-state index contributed by atoms with van der Waals surface area (Å²) in [5, 5.41) is 5.66. The summed E-state index contributed by atoms with van der Waals surface area (Å²) < 4.78 is 50.5. The van der Waals surface area contributed by atoms with Crippen molar-refractivity contribution < 1.29 is 22.4 Å². The van der Waals surface area contributed by atoms with Gasteiger partial charge in [0, 0.05) is 13.1 Å². The molecule has 2 unspecified atom stereocenters. The molecular formula is C19H27F4N3O. The predicted octanol–water partition coefficient (Wildman–Crippen LogP) is 4.10. The maximum Gasteiger partial charge on any atom is 0.401 e. The fraction of sp³-hybridized carbons (Fsp3) is 0.632. The van der Waals surface area contributed by atoms with Crippen molar-refractivity contribution in [2.75, 3.05) is 26.2 Å². The number of hydrogen-bond donors (Lipinski definition) is 2. The molecule has 2 atom stereocenters. The molecule has 0 aliphatic carbocycles. The van der Waals surface area contributed by atoms with E-state index in [-0.39, 0.29) is 29.2 Å². The molecule has 1 aromatic rings. The quantitative estimate of drug-likeness (QED) is 0.745. The van der Waals surface area contributed by atoms with Crippen LogP contribution in [-0.2, 0) is 0 Å². The molecule has 0 spiro atoms. The number of urea groups is 1. The summed E-state index contributed by atoms with van der Waals surface area (Å²) in [6.07, 6.45) is -3.58. The molecule has 2 amide bonds. The highest BCUT2D eigenvalue weighted by Crippen LogP contribution is 2.32. The fourth-order valence-corrected chi connectivity index (χ4v) is 3.35. The average molecular weight is 389 g/mol. The first kappa shape index (κ1) is 21.5. The van der Waals surface area contributed by atoms with Crippen LogP contribution >= 0.6 is 0 Å². The van der Waals surface area contributed by atoms with Crippen molar-refractivity contribution in [1.29, 1.82) is 0 Å². The van der Waals surface area contributed by atoms with Crippen LogP contribution in [0, 0.1) is 17.2 Å². The van der Waals surface area contributed by atoms with Crippen molar-refractivity contribution in [2.24, 2.45) is 11.3 Å². The summed E-state index contributed by atoms with van der Waals surface area (Å²) in [4.78, 5) is 13.7. The lowest BCUT2D eigenvalue weighted by Gasteiger charge is -2.32. The lowest BCUT2D eigenvalue weighted by atomic mass is 9.82. The Kier molecular flexibility index (Phi) is 6.72. The van der Waals surface area contributed by atoms with E-state index in [1.165, 1.54) is 17.0 Å². The number of hydrogen-bond acceptors (Lipinski definition) is 2. The SMILES string of the molecule is CC(C)(C)C(NC(=O)NCC1CCN(CC(F)(F)F)C1)c1ccc(F)cc1. The van der Waals surface area contributed by atoms with Gasteiger partial charge in [0.15, 0.2) is 0 Å². The molecule has 1 aliphatic rings. The zero-order chi connectivity index (χ0) is 20.2. The second kappa shape index (κ2) is 8.46. The zero-order valence-electron chi connectivity index (χ0n) is 15.9. The fourth-order valence-electron chi connectivity index (χ4n) is 3.35. The highest BCUT2D eigenvalue weighted by molar-refractivity contribution is 5.74. The molecule has 0 saturated carbocycles. The van der Waals surface area contributed by atoms with Crippen LogP contribution < -0.4 is 10.6 Å². The monoisotopic (exact) mass is 389 g/mol. The summed E-state index contributed by atoms with van der Waals surface area (Å²) in [5.74, 6) is -0.350. The molecule has 1 aliphatic heterocycles. The number of nitrogens with zero attached hydrogens (tertiary/aromatic N) is 1. The molecule has 0 bridgehead atoms. The number of amides is 2. The van der Waals surface area contributed by atoms with E-state index in [2.05, 4.69) is 10.6 Å². The summed E-state index contributed by atoms with van der Waals surface area (Å²) >= 11 is 0. The number of halogens is 4. The third kappa shape index (κ3) is 7.01. The molecule has 27 heavy (non-hydrogen) atoms. The first-order valence-corrected chi connectivity index (χ1v) is 9.03. The maximum absolute atomic E-state index is 13.2. The highest BCUT2D eigenvalue weighted by atomic mass is 19.4. The summed E-state index contributed by atoms with van der Waals surface area (Å²) in [6, 6.07) is 5.26. The van der Waals surface area contributed by atoms with Crippen LogP contribution in [0.3, 0.4) is 0 Å². The van der Waals surface area contributed by atoms with Gasteiger partial charge in [-0.25, -0.2) is 9.18 Å². The van der Waals surface area contributed by atoms with E-state index in [1.54, 1.807) is 12.1 Å². The molecule has 2 N–H and O–H groups in total. The van der Waals surface area contributed by atoms with E-state index < -0.39 is 12.7 Å². The van der Waals surface area contributed by atoms with E-state index in [0.29, 0.717) is 26.1 Å². The van der Waals surface area contributed by atoms with Crippen LogP contribution in [-0.4, -0.2) is 43.3 Å². The van der Waals surface area contributed by atoms with Crippen LogP contribution in [0.15, 0.2) is 24.3 Å². The van der Waals surface area contributed by atoms with E-state index in [9.17, 15) is 22.4 Å². The van der Waals surface area contributed by atoms with Crippen LogP contribution in [0.4, 0.5) is 22.4 Å². The van der Waals surface area contributed by atoms with Crippen LogP contribution in [0.5, 0.6) is 0 Å². The van der Waals surface area contributed by atoms with Gasteiger partial charge in [0.25, 0.3) is 0 Å². The number of nitrogens with one attached hydrogen (secondary N) is 2. The van der Waals surface area contributed by atoms with Gasteiger partial charge in [-0.15, -0.1) is 0 Å². The minimum Gasteiger partial charge on any atom is -0.338 e. The van der Waals surface area contributed by atoms with Crippen molar-refractivity contribution >= 4 is 6.03 Å².